The molecule has 4 heterocycles. The molecule has 3 aliphatic rings. The molecule has 0 radical (unpaired) electrons. The van der Waals surface area contributed by atoms with Crippen molar-refractivity contribution in [1.82, 2.24) is 15.2 Å². The third-order valence-electron chi connectivity index (χ3n) is 7.33. The topological polar surface area (TPSA) is 78.6 Å². The summed E-state index contributed by atoms with van der Waals surface area (Å²) in [5.74, 6) is 1.30. The fourth-order valence-corrected chi connectivity index (χ4v) is 5.46. The highest BCUT2D eigenvalue weighted by Crippen LogP contribution is 2.41. The van der Waals surface area contributed by atoms with Gasteiger partial charge in [0.15, 0.2) is 0 Å². The van der Waals surface area contributed by atoms with Crippen molar-refractivity contribution in [2.75, 3.05) is 57.9 Å². The number of benzene rings is 2. The first-order valence-corrected chi connectivity index (χ1v) is 12.7. The van der Waals surface area contributed by atoms with Crippen LogP contribution in [0.3, 0.4) is 0 Å². The van der Waals surface area contributed by atoms with E-state index in [1.165, 1.54) is 5.56 Å². The number of rotatable bonds is 6. The average Bonchev–Trinajstić information content (AvgIpc) is 3.44. The summed E-state index contributed by atoms with van der Waals surface area (Å²) in [5.41, 5.74) is 5.95. The number of ether oxygens (including phenoxy) is 2. The van der Waals surface area contributed by atoms with E-state index in [4.69, 9.17) is 9.47 Å². The van der Waals surface area contributed by atoms with Crippen LogP contribution in [-0.4, -0.2) is 68.3 Å². The SMILES string of the molecule is O=C1Nc2cccc(C3CCNCC3)c2/C1=C/c1cc2cc(OCCN3CCOCC3)ccc2[nH]1. The van der Waals surface area contributed by atoms with Crippen LogP contribution in [0, 0.1) is 0 Å². The minimum Gasteiger partial charge on any atom is -0.492 e. The fraction of sp³-hybridized carbons (Fsp3) is 0.393. The summed E-state index contributed by atoms with van der Waals surface area (Å²) in [6.45, 7) is 7.14. The Kier molecular flexibility index (Phi) is 6.29. The molecular formula is C28H32N4O3. The van der Waals surface area contributed by atoms with Gasteiger partial charge in [0, 0.05) is 47.5 Å². The van der Waals surface area contributed by atoms with E-state index in [9.17, 15) is 4.79 Å². The Bertz CT molecular complexity index is 1250. The van der Waals surface area contributed by atoms with Gasteiger partial charge in [0.2, 0.25) is 0 Å². The van der Waals surface area contributed by atoms with Gasteiger partial charge in [0.1, 0.15) is 12.4 Å². The quantitative estimate of drug-likeness (QED) is 0.475. The minimum atomic E-state index is -0.0350. The molecule has 0 unspecified atom stereocenters. The smallest absolute Gasteiger partial charge is 0.256 e. The molecule has 2 fully saturated rings. The standard InChI is InChI=1S/C28H32N4O3/c33-28-24(27-23(2-1-3-26(27)31-28)19-6-8-29-9-7-19)18-21-16-20-17-22(4-5-25(20)30-21)35-15-12-32-10-13-34-14-11-32/h1-5,16-19,29-30H,6-15H2,(H,31,33)/b24-18-. The Morgan fingerprint density at radius 2 is 1.94 bits per heavy atom. The van der Waals surface area contributed by atoms with Crippen LogP contribution in [0.25, 0.3) is 22.6 Å². The lowest BCUT2D eigenvalue weighted by molar-refractivity contribution is -0.110. The maximum absolute atomic E-state index is 13.0. The molecule has 2 aromatic carbocycles. The molecule has 1 amide bonds. The van der Waals surface area contributed by atoms with Crippen molar-refractivity contribution in [3.63, 3.8) is 0 Å². The van der Waals surface area contributed by atoms with Crippen LogP contribution in [-0.2, 0) is 9.53 Å². The number of fused-ring (bicyclic) bond motifs is 2. The molecule has 7 heteroatoms. The Morgan fingerprint density at radius 1 is 1.09 bits per heavy atom. The maximum atomic E-state index is 13.0. The molecule has 6 rings (SSSR count). The average molecular weight is 473 g/mol. The number of nitrogens with zero attached hydrogens (tertiary/aromatic N) is 1. The summed E-state index contributed by atoms with van der Waals surface area (Å²) in [7, 11) is 0. The van der Waals surface area contributed by atoms with E-state index < -0.39 is 0 Å². The summed E-state index contributed by atoms with van der Waals surface area (Å²) in [6, 6.07) is 14.5. The van der Waals surface area contributed by atoms with Crippen molar-refractivity contribution in [3.05, 3.63) is 59.3 Å². The molecule has 0 atom stereocenters. The van der Waals surface area contributed by atoms with Gasteiger partial charge in [-0.2, -0.15) is 0 Å². The molecule has 35 heavy (non-hydrogen) atoms. The number of aromatic nitrogens is 1. The summed E-state index contributed by atoms with van der Waals surface area (Å²) in [5, 5.41) is 7.59. The molecule has 0 bridgehead atoms. The largest absolute Gasteiger partial charge is 0.492 e. The van der Waals surface area contributed by atoms with Gasteiger partial charge in [-0.15, -0.1) is 0 Å². The highest BCUT2D eigenvalue weighted by Gasteiger charge is 2.30. The van der Waals surface area contributed by atoms with Crippen LogP contribution in [0.5, 0.6) is 5.75 Å². The second kappa shape index (κ2) is 9.85. The highest BCUT2D eigenvalue weighted by atomic mass is 16.5. The molecule has 2 saturated heterocycles. The monoisotopic (exact) mass is 472 g/mol. The molecule has 3 aliphatic heterocycles. The Hall–Kier alpha value is -3.13. The van der Waals surface area contributed by atoms with Gasteiger partial charge in [0.25, 0.3) is 5.91 Å². The molecule has 0 aliphatic carbocycles. The summed E-state index contributed by atoms with van der Waals surface area (Å²) in [4.78, 5) is 18.8. The van der Waals surface area contributed by atoms with Crippen LogP contribution in [0.2, 0.25) is 0 Å². The van der Waals surface area contributed by atoms with Crippen molar-refractivity contribution in [2.24, 2.45) is 0 Å². The number of H-pyrrole nitrogens is 1. The van der Waals surface area contributed by atoms with Crippen LogP contribution in [0.15, 0.2) is 42.5 Å². The first-order chi connectivity index (χ1) is 17.2. The predicted octanol–water partition coefficient (Wildman–Crippen LogP) is 3.84. The second-order valence-corrected chi connectivity index (χ2v) is 9.58. The normalized spacial score (nSPS) is 20.3. The number of amides is 1. The van der Waals surface area contributed by atoms with E-state index in [1.54, 1.807) is 0 Å². The van der Waals surface area contributed by atoms with Gasteiger partial charge in [-0.25, -0.2) is 0 Å². The van der Waals surface area contributed by atoms with E-state index in [1.807, 2.05) is 24.3 Å². The van der Waals surface area contributed by atoms with Gasteiger partial charge in [-0.05, 0) is 73.8 Å². The summed E-state index contributed by atoms with van der Waals surface area (Å²) in [6.07, 6.45) is 4.18. The van der Waals surface area contributed by atoms with Crippen molar-refractivity contribution < 1.29 is 14.3 Å². The molecule has 3 aromatic rings. The Balaban J connectivity index is 1.23. The number of hydrogen-bond acceptors (Lipinski definition) is 5. The van der Waals surface area contributed by atoms with Crippen LogP contribution in [0.1, 0.15) is 35.6 Å². The number of piperidine rings is 1. The number of anilines is 1. The van der Waals surface area contributed by atoms with Gasteiger partial charge in [0.05, 0.1) is 18.8 Å². The first-order valence-electron chi connectivity index (χ1n) is 12.7. The Morgan fingerprint density at radius 3 is 2.80 bits per heavy atom. The number of morpholine rings is 1. The predicted molar refractivity (Wildman–Crippen MR) is 139 cm³/mol. The number of carbonyl (C=O) groups is 1. The third kappa shape index (κ3) is 4.72. The van der Waals surface area contributed by atoms with Crippen molar-refractivity contribution in [1.29, 1.82) is 0 Å². The van der Waals surface area contributed by atoms with Crippen molar-refractivity contribution in [2.45, 2.75) is 18.8 Å². The zero-order valence-electron chi connectivity index (χ0n) is 19.9. The summed E-state index contributed by atoms with van der Waals surface area (Å²) >= 11 is 0. The molecule has 7 nitrogen and oxygen atoms in total. The first kappa shape index (κ1) is 22.3. The zero-order chi connectivity index (χ0) is 23.6. The van der Waals surface area contributed by atoms with E-state index in [0.29, 0.717) is 12.5 Å². The molecule has 182 valence electrons. The lowest BCUT2D eigenvalue weighted by atomic mass is 9.85. The van der Waals surface area contributed by atoms with Crippen LogP contribution >= 0.6 is 0 Å². The van der Waals surface area contributed by atoms with Crippen LogP contribution in [0.4, 0.5) is 5.69 Å². The van der Waals surface area contributed by atoms with Crippen molar-refractivity contribution in [3.8, 4) is 5.75 Å². The summed E-state index contributed by atoms with van der Waals surface area (Å²) < 4.78 is 11.4. The van der Waals surface area contributed by atoms with E-state index in [0.717, 1.165) is 97.9 Å². The van der Waals surface area contributed by atoms with Gasteiger partial charge >= 0.3 is 0 Å². The highest BCUT2D eigenvalue weighted by molar-refractivity contribution is 6.35. The second-order valence-electron chi connectivity index (χ2n) is 9.58. The molecule has 0 saturated carbocycles. The van der Waals surface area contributed by atoms with E-state index in [2.05, 4.69) is 44.8 Å². The third-order valence-corrected chi connectivity index (χ3v) is 7.33. The number of nitrogens with one attached hydrogen (secondary N) is 3. The lowest BCUT2D eigenvalue weighted by Crippen LogP contribution is -2.38. The lowest BCUT2D eigenvalue weighted by Gasteiger charge is -2.26. The molecule has 1 aromatic heterocycles. The zero-order valence-corrected chi connectivity index (χ0v) is 19.9. The number of aromatic amines is 1. The number of carbonyl (C=O) groups excluding carboxylic acids is 1. The van der Waals surface area contributed by atoms with Crippen LogP contribution < -0.4 is 15.4 Å². The molecule has 3 N–H and O–H groups in total. The van der Waals surface area contributed by atoms with Gasteiger partial charge < -0.3 is 25.1 Å². The van der Waals surface area contributed by atoms with Gasteiger partial charge in [-0.1, -0.05) is 12.1 Å². The molecular weight excluding hydrogens is 440 g/mol. The molecule has 0 spiro atoms. The maximum Gasteiger partial charge on any atom is 0.256 e. The van der Waals surface area contributed by atoms with E-state index in [-0.39, 0.29) is 5.91 Å². The fourth-order valence-electron chi connectivity index (χ4n) is 5.46. The number of hydrogen-bond donors (Lipinski definition) is 3. The Labute approximate surface area is 205 Å². The minimum absolute atomic E-state index is 0.0350. The van der Waals surface area contributed by atoms with Gasteiger partial charge in [-0.3, -0.25) is 9.69 Å². The van der Waals surface area contributed by atoms with Crippen molar-refractivity contribution >= 4 is 34.1 Å². The van der Waals surface area contributed by atoms with E-state index >= 15 is 0 Å².